The van der Waals surface area contributed by atoms with Gasteiger partial charge in [-0.05, 0) is 18.2 Å². The molecule has 1 aromatic carbocycles. The molecule has 1 aliphatic heterocycles. The van der Waals surface area contributed by atoms with Crippen molar-refractivity contribution in [1.82, 2.24) is 9.21 Å². The van der Waals surface area contributed by atoms with Crippen LogP contribution in [0.4, 0.5) is 0 Å². The molecule has 1 heterocycles. The number of imide groups is 1. The third-order valence-corrected chi connectivity index (χ3v) is 5.45. The predicted molar refractivity (Wildman–Crippen MR) is 73.0 cm³/mol. The minimum absolute atomic E-state index is 0.0383. The Balaban J connectivity index is 2.54. The Morgan fingerprint density at radius 1 is 1.05 bits per heavy atom. The summed E-state index contributed by atoms with van der Waals surface area (Å²) in [7, 11) is -2.25. The molecular weight excluding hydrogens is 280 g/mol. The SMILES string of the molecule is CCN(CC)S(=O)(=O)c1ccc2c(c1)C(=O)N(C)C2=O. The van der Waals surface area contributed by atoms with Gasteiger partial charge in [0.25, 0.3) is 11.8 Å². The highest BCUT2D eigenvalue weighted by atomic mass is 32.2. The first-order valence-corrected chi connectivity index (χ1v) is 7.75. The van der Waals surface area contributed by atoms with E-state index in [0.717, 1.165) is 4.90 Å². The van der Waals surface area contributed by atoms with Gasteiger partial charge >= 0.3 is 0 Å². The molecule has 0 saturated heterocycles. The van der Waals surface area contributed by atoms with E-state index in [1.807, 2.05) is 0 Å². The maximum absolute atomic E-state index is 12.4. The van der Waals surface area contributed by atoms with Crippen molar-refractivity contribution in [2.75, 3.05) is 20.1 Å². The molecule has 0 N–H and O–H groups in total. The second-order valence-electron chi connectivity index (χ2n) is 4.47. The Morgan fingerprint density at radius 2 is 1.60 bits per heavy atom. The van der Waals surface area contributed by atoms with Gasteiger partial charge in [-0.2, -0.15) is 4.31 Å². The number of amides is 2. The summed E-state index contributed by atoms with van der Waals surface area (Å²) < 4.78 is 26.1. The van der Waals surface area contributed by atoms with E-state index in [4.69, 9.17) is 0 Å². The maximum atomic E-state index is 12.4. The molecule has 108 valence electrons. The number of rotatable bonds is 4. The van der Waals surface area contributed by atoms with E-state index in [-0.39, 0.29) is 16.0 Å². The van der Waals surface area contributed by atoms with Crippen molar-refractivity contribution < 1.29 is 18.0 Å². The number of nitrogens with zero attached hydrogens (tertiary/aromatic N) is 2. The zero-order valence-corrected chi connectivity index (χ0v) is 12.4. The molecule has 0 radical (unpaired) electrons. The zero-order chi connectivity index (χ0) is 15.1. The van der Waals surface area contributed by atoms with Gasteiger partial charge in [0.2, 0.25) is 10.0 Å². The van der Waals surface area contributed by atoms with Gasteiger partial charge in [0.15, 0.2) is 0 Å². The van der Waals surface area contributed by atoms with Crippen LogP contribution in [0, 0.1) is 0 Å². The first kappa shape index (κ1) is 14.7. The molecule has 1 aromatic rings. The molecule has 1 aliphatic rings. The summed E-state index contributed by atoms with van der Waals surface area (Å²) in [6.45, 7) is 4.19. The van der Waals surface area contributed by atoms with Crippen molar-refractivity contribution in [3.05, 3.63) is 29.3 Å². The van der Waals surface area contributed by atoms with Crippen molar-refractivity contribution in [2.24, 2.45) is 0 Å². The lowest BCUT2D eigenvalue weighted by molar-refractivity contribution is 0.0693. The molecule has 7 heteroatoms. The fourth-order valence-corrected chi connectivity index (χ4v) is 3.70. The van der Waals surface area contributed by atoms with Gasteiger partial charge in [-0.15, -0.1) is 0 Å². The smallest absolute Gasteiger partial charge is 0.261 e. The van der Waals surface area contributed by atoms with Crippen molar-refractivity contribution in [3.63, 3.8) is 0 Å². The lowest BCUT2D eigenvalue weighted by Gasteiger charge is -2.18. The zero-order valence-electron chi connectivity index (χ0n) is 11.6. The molecule has 0 fully saturated rings. The van der Waals surface area contributed by atoms with Crippen LogP contribution in [0.15, 0.2) is 23.1 Å². The van der Waals surface area contributed by atoms with Crippen LogP contribution in [0.25, 0.3) is 0 Å². The number of fused-ring (bicyclic) bond motifs is 1. The van der Waals surface area contributed by atoms with Crippen molar-refractivity contribution >= 4 is 21.8 Å². The summed E-state index contributed by atoms with van der Waals surface area (Å²) in [5, 5.41) is 0. The molecule has 2 amide bonds. The molecule has 0 unspecified atom stereocenters. The van der Waals surface area contributed by atoms with Gasteiger partial charge in [0.05, 0.1) is 16.0 Å². The summed E-state index contributed by atoms with van der Waals surface area (Å²) in [5.74, 6) is -0.876. The number of carbonyl (C=O) groups is 2. The first-order chi connectivity index (χ1) is 9.34. The highest BCUT2D eigenvalue weighted by Crippen LogP contribution is 2.26. The molecule has 0 saturated carbocycles. The van der Waals surface area contributed by atoms with E-state index in [9.17, 15) is 18.0 Å². The lowest BCUT2D eigenvalue weighted by Crippen LogP contribution is -2.30. The number of hydrogen-bond acceptors (Lipinski definition) is 4. The monoisotopic (exact) mass is 296 g/mol. The van der Waals surface area contributed by atoms with E-state index >= 15 is 0 Å². The normalized spacial score (nSPS) is 15.1. The van der Waals surface area contributed by atoms with Crippen LogP contribution >= 0.6 is 0 Å². The van der Waals surface area contributed by atoms with Gasteiger partial charge in [-0.25, -0.2) is 8.42 Å². The van der Waals surface area contributed by atoms with Crippen LogP contribution < -0.4 is 0 Å². The Labute approximate surface area is 118 Å². The number of benzene rings is 1. The number of hydrogen-bond donors (Lipinski definition) is 0. The highest BCUT2D eigenvalue weighted by Gasteiger charge is 2.34. The standard InChI is InChI=1S/C13H16N2O4S/c1-4-15(5-2)20(18,19)9-6-7-10-11(8-9)13(17)14(3)12(10)16/h6-8H,4-5H2,1-3H3. The average molecular weight is 296 g/mol. The minimum atomic E-state index is -3.63. The lowest BCUT2D eigenvalue weighted by atomic mass is 10.1. The second kappa shape index (κ2) is 4.99. The molecule has 2 rings (SSSR count). The molecule has 0 atom stereocenters. The van der Waals surface area contributed by atoms with E-state index in [2.05, 4.69) is 0 Å². The van der Waals surface area contributed by atoms with Crippen LogP contribution in [0.1, 0.15) is 34.6 Å². The number of carbonyl (C=O) groups excluding carboxylic acids is 2. The van der Waals surface area contributed by atoms with Crippen LogP contribution in [0.2, 0.25) is 0 Å². The Kier molecular flexibility index (Phi) is 3.66. The molecule has 6 nitrogen and oxygen atoms in total. The summed E-state index contributed by atoms with van der Waals surface area (Å²) in [6, 6.07) is 4.05. The van der Waals surface area contributed by atoms with E-state index < -0.39 is 21.8 Å². The van der Waals surface area contributed by atoms with Crippen LogP contribution in [-0.4, -0.2) is 49.6 Å². The van der Waals surface area contributed by atoms with Crippen LogP contribution in [0.3, 0.4) is 0 Å². The predicted octanol–water partition coefficient (Wildman–Crippen LogP) is 0.943. The topological polar surface area (TPSA) is 74.8 Å². The van der Waals surface area contributed by atoms with Gasteiger partial charge < -0.3 is 0 Å². The third-order valence-electron chi connectivity index (χ3n) is 3.40. The summed E-state index contributed by atoms with van der Waals surface area (Å²) in [4.78, 5) is 24.7. The summed E-state index contributed by atoms with van der Waals surface area (Å²) >= 11 is 0. The second-order valence-corrected chi connectivity index (χ2v) is 6.40. The van der Waals surface area contributed by atoms with Gasteiger partial charge in [-0.3, -0.25) is 14.5 Å². The van der Waals surface area contributed by atoms with Crippen molar-refractivity contribution in [3.8, 4) is 0 Å². The Morgan fingerprint density at radius 3 is 2.15 bits per heavy atom. The largest absolute Gasteiger partial charge is 0.277 e. The molecule has 0 aliphatic carbocycles. The fraction of sp³-hybridized carbons (Fsp3) is 0.385. The molecule has 0 aromatic heterocycles. The summed E-state index contributed by atoms with van der Waals surface area (Å²) in [5.41, 5.74) is 0.390. The van der Waals surface area contributed by atoms with Gasteiger partial charge in [-0.1, -0.05) is 13.8 Å². The van der Waals surface area contributed by atoms with E-state index in [0.29, 0.717) is 13.1 Å². The van der Waals surface area contributed by atoms with Gasteiger partial charge in [0.1, 0.15) is 0 Å². The molecular formula is C13H16N2O4S. The fourth-order valence-electron chi connectivity index (χ4n) is 2.21. The van der Waals surface area contributed by atoms with E-state index in [1.165, 1.54) is 29.6 Å². The van der Waals surface area contributed by atoms with Crippen molar-refractivity contribution in [1.29, 1.82) is 0 Å². The van der Waals surface area contributed by atoms with Crippen LogP contribution in [0.5, 0.6) is 0 Å². The summed E-state index contributed by atoms with van der Waals surface area (Å²) in [6.07, 6.45) is 0. The quantitative estimate of drug-likeness (QED) is 0.775. The van der Waals surface area contributed by atoms with Crippen molar-refractivity contribution in [2.45, 2.75) is 18.7 Å². The molecule has 0 spiro atoms. The Bertz CT molecular complexity index is 678. The van der Waals surface area contributed by atoms with Gasteiger partial charge in [0, 0.05) is 20.1 Å². The minimum Gasteiger partial charge on any atom is -0.277 e. The maximum Gasteiger partial charge on any atom is 0.261 e. The number of sulfonamides is 1. The molecule has 0 bridgehead atoms. The Hall–Kier alpha value is -1.73. The van der Waals surface area contributed by atoms with E-state index in [1.54, 1.807) is 13.8 Å². The van der Waals surface area contributed by atoms with Crippen LogP contribution in [-0.2, 0) is 10.0 Å². The third kappa shape index (κ3) is 2.03. The molecule has 20 heavy (non-hydrogen) atoms. The average Bonchev–Trinajstić information content (AvgIpc) is 2.64. The first-order valence-electron chi connectivity index (χ1n) is 6.31. The highest BCUT2D eigenvalue weighted by molar-refractivity contribution is 7.89.